The zero-order valence-electron chi connectivity index (χ0n) is 7.06. The molecular formula is C7H15NO3. The Bertz CT molecular complexity index is 140. The lowest BCUT2D eigenvalue weighted by atomic mass is 10.1. The minimum absolute atomic E-state index is 0.280. The number of aliphatic hydroxyl groups excluding tert-OH is 2. The molecule has 0 aromatic rings. The smallest absolute Gasteiger partial charge is 0.173 e. The van der Waals surface area contributed by atoms with Crippen molar-refractivity contribution in [1.29, 1.82) is 0 Å². The summed E-state index contributed by atoms with van der Waals surface area (Å²) in [5.41, 5.74) is 0. The first-order valence-electron chi connectivity index (χ1n) is 3.72. The summed E-state index contributed by atoms with van der Waals surface area (Å²) in [6.07, 6.45) is -1.74. The predicted octanol–water partition coefficient (Wildman–Crippen LogP) is -0.985. The Labute approximate surface area is 66.4 Å². The molecule has 1 heterocycles. The van der Waals surface area contributed by atoms with E-state index in [2.05, 4.69) is 0 Å². The summed E-state index contributed by atoms with van der Waals surface area (Å²) in [5, 5.41) is 18.7. The predicted molar refractivity (Wildman–Crippen MR) is 40.0 cm³/mol. The highest BCUT2D eigenvalue weighted by molar-refractivity contribution is 4.88. The first-order chi connectivity index (χ1) is 5.04. The Morgan fingerprint density at radius 3 is 2.00 bits per heavy atom. The van der Waals surface area contributed by atoms with Gasteiger partial charge in [0.05, 0.1) is 12.1 Å². The minimum Gasteiger partial charge on any atom is -0.389 e. The maximum absolute atomic E-state index is 9.47. The number of aliphatic hydroxyl groups is 2. The first kappa shape index (κ1) is 8.93. The van der Waals surface area contributed by atoms with Gasteiger partial charge in [0.25, 0.3) is 0 Å². The Morgan fingerprint density at radius 1 is 1.27 bits per heavy atom. The fraction of sp³-hybridized carbons (Fsp3) is 1.00. The molecule has 0 aromatic carbocycles. The van der Waals surface area contributed by atoms with Crippen molar-refractivity contribution in [2.24, 2.45) is 0 Å². The van der Waals surface area contributed by atoms with Gasteiger partial charge < -0.3 is 14.9 Å². The molecule has 0 radical (unpaired) electrons. The summed E-state index contributed by atoms with van der Waals surface area (Å²) in [7, 11) is 3.61. The van der Waals surface area contributed by atoms with E-state index in [-0.39, 0.29) is 12.1 Å². The van der Waals surface area contributed by atoms with Crippen LogP contribution in [0.25, 0.3) is 0 Å². The van der Waals surface area contributed by atoms with Gasteiger partial charge in [-0.1, -0.05) is 0 Å². The normalized spacial score (nSPS) is 45.3. The molecule has 4 heteroatoms. The molecule has 66 valence electrons. The molecule has 4 nitrogen and oxygen atoms in total. The molecule has 11 heavy (non-hydrogen) atoms. The SMILES string of the molecule is CC1OC(O)C(N(C)C)C1O. The van der Waals surface area contributed by atoms with Crippen LogP contribution in [-0.4, -0.2) is 53.7 Å². The fourth-order valence-corrected chi connectivity index (χ4v) is 1.39. The third kappa shape index (κ3) is 1.54. The van der Waals surface area contributed by atoms with E-state index >= 15 is 0 Å². The van der Waals surface area contributed by atoms with Crippen molar-refractivity contribution in [2.75, 3.05) is 14.1 Å². The zero-order valence-corrected chi connectivity index (χ0v) is 7.06. The molecule has 4 atom stereocenters. The molecule has 4 unspecified atom stereocenters. The van der Waals surface area contributed by atoms with Crippen molar-refractivity contribution < 1.29 is 14.9 Å². The van der Waals surface area contributed by atoms with E-state index in [9.17, 15) is 10.2 Å². The summed E-state index contributed by atoms with van der Waals surface area (Å²) in [5.74, 6) is 0. The first-order valence-corrected chi connectivity index (χ1v) is 3.72. The Kier molecular flexibility index (Phi) is 2.49. The van der Waals surface area contributed by atoms with Crippen LogP contribution < -0.4 is 0 Å². The second-order valence-electron chi connectivity index (χ2n) is 3.18. The average molecular weight is 161 g/mol. The van der Waals surface area contributed by atoms with Gasteiger partial charge in [-0.15, -0.1) is 0 Å². The standard InChI is InChI=1S/C7H15NO3/c1-4-6(9)5(8(2)3)7(10)11-4/h4-7,9-10H,1-3H3. The molecule has 0 amide bonds. The second-order valence-corrected chi connectivity index (χ2v) is 3.18. The Hall–Kier alpha value is -0.160. The number of ether oxygens (including phenoxy) is 1. The maximum Gasteiger partial charge on any atom is 0.173 e. The van der Waals surface area contributed by atoms with Gasteiger partial charge in [0.15, 0.2) is 6.29 Å². The van der Waals surface area contributed by atoms with Gasteiger partial charge in [0, 0.05) is 0 Å². The van der Waals surface area contributed by atoms with Gasteiger partial charge in [-0.25, -0.2) is 0 Å². The fourth-order valence-electron chi connectivity index (χ4n) is 1.39. The third-order valence-corrected chi connectivity index (χ3v) is 2.07. The van der Waals surface area contributed by atoms with Crippen molar-refractivity contribution >= 4 is 0 Å². The summed E-state index contributed by atoms with van der Waals surface area (Å²) in [4.78, 5) is 1.76. The Morgan fingerprint density at radius 2 is 1.82 bits per heavy atom. The third-order valence-electron chi connectivity index (χ3n) is 2.07. The number of nitrogens with zero attached hydrogens (tertiary/aromatic N) is 1. The largest absolute Gasteiger partial charge is 0.389 e. The van der Waals surface area contributed by atoms with Gasteiger partial charge in [0.1, 0.15) is 6.10 Å². The highest BCUT2D eigenvalue weighted by Crippen LogP contribution is 2.21. The monoisotopic (exact) mass is 161 g/mol. The molecule has 0 aromatic heterocycles. The quantitative estimate of drug-likeness (QED) is 0.518. The maximum atomic E-state index is 9.47. The van der Waals surface area contributed by atoms with Crippen LogP contribution in [0.15, 0.2) is 0 Å². The van der Waals surface area contributed by atoms with E-state index in [0.717, 1.165) is 0 Å². The lowest BCUT2D eigenvalue weighted by Crippen LogP contribution is -2.43. The van der Waals surface area contributed by atoms with Crippen LogP contribution in [-0.2, 0) is 4.74 Å². The molecule has 0 bridgehead atoms. The minimum atomic E-state index is -0.866. The molecule has 0 aliphatic carbocycles. The average Bonchev–Trinajstić information content (AvgIpc) is 2.07. The van der Waals surface area contributed by atoms with E-state index in [1.807, 2.05) is 0 Å². The van der Waals surface area contributed by atoms with Crippen molar-refractivity contribution in [2.45, 2.75) is 31.5 Å². The van der Waals surface area contributed by atoms with Crippen LogP contribution in [0.1, 0.15) is 6.92 Å². The molecule has 0 spiro atoms. The molecule has 1 saturated heterocycles. The lowest BCUT2D eigenvalue weighted by molar-refractivity contribution is -0.107. The van der Waals surface area contributed by atoms with Crippen LogP contribution in [0.4, 0.5) is 0 Å². The van der Waals surface area contributed by atoms with Gasteiger partial charge >= 0.3 is 0 Å². The van der Waals surface area contributed by atoms with E-state index in [1.54, 1.807) is 25.9 Å². The van der Waals surface area contributed by atoms with Gasteiger partial charge in [-0.3, -0.25) is 4.90 Å². The lowest BCUT2D eigenvalue weighted by Gasteiger charge is -2.23. The molecule has 1 aliphatic rings. The highest BCUT2D eigenvalue weighted by Gasteiger charge is 2.41. The van der Waals surface area contributed by atoms with Crippen LogP contribution in [0.5, 0.6) is 0 Å². The van der Waals surface area contributed by atoms with E-state index in [0.29, 0.717) is 0 Å². The van der Waals surface area contributed by atoms with Crippen LogP contribution >= 0.6 is 0 Å². The van der Waals surface area contributed by atoms with E-state index in [4.69, 9.17) is 4.74 Å². The summed E-state index contributed by atoms with van der Waals surface area (Å²) >= 11 is 0. The highest BCUT2D eigenvalue weighted by atomic mass is 16.6. The van der Waals surface area contributed by atoms with Crippen molar-refractivity contribution in [3.63, 3.8) is 0 Å². The number of hydrogen-bond donors (Lipinski definition) is 2. The van der Waals surface area contributed by atoms with Gasteiger partial charge in [-0.2, -0.15) is 0 Å². The van der Waals surface area contributed by atoms with Gasteiger partial charge in [0.2, 0.25) is 0 Å². The summed E-state index contributed by atoms with van der Waals surface area (Å²) < 4.78 is 5.01. The van der Waals surface area contributed by atoms with Crippen molar-refractivity contribution in [1.82, 2.24) is 4.90 Å². The summed E-state index contributed by atoms with van der Waals surface area (Å²) in [6, 6.07) is -0.301. The van der Waals surface area contributed by atoms with E-state index in [1.165, 1.54) is 0 Å². The number of rotatable bonds is 1. The molecular weight excluding hydrogens is 146 g/mol. The topological polar surface area (TPSA) is 52.9 Å². The molecule has 2 N–H and O–H groups in total. The molecule has 1 rings (SSSR count). The van der Waals surface area contributed by atoms with Crippen LogP contribution in [0, 0.1) is 0 Å². The molecule has 1 fully saturated rings. The van der Waals surface area contributed by atoms with Crippen LogP contribution in [0.3, 0.4) is 0 Å². The van der Waals surface area contributed by atoms with E-state index < -0.39 is 12.4 Å². The van der Waals surface area contributed by atoms with Crippen LogP contribution in [0.2, 0.25) is 0 Å². The zero-order chi connectivity index (χ0) is 8.59. The second kappa shape index (κ2) is 3.06. The Balaban J connectivity index is 2.63. The van der Waals surface area contributed by atoms with Crippen molar-refractivity contribution in [3.05, 3.63) is 0 Å². The molecule has 1 aliphatic heterocycles. The molecule has 0 saturated carbocycles. The summed E-state index contributed by atoms with van der Waals surface area (Å²) in [6.45, 7) is 1.75. The van der Waals surface area contributed by atoms with Crippen molar-refractivity contribution in [3.8, 4) is 0 Å². The number of likely N-dealkylation sites (N-methyl/N-ethyl adjacent to an activating group) is 1. The number of hydrogen-bond acceptors (Lipinski definition) is 4. The van der Waals surface area contributed by atoms with Gasteiger partial charge in [-0.05, 0) is 21.0 Å².